The van der Waals surface area contributed by atoms with Crippen LogP contribution in [0, 0.1) is 0 Å². The average Bonchev–Trinajstić information content (AvgIpc) is 2.93. The van der Waals surface area contributed by atoms with Crippen molar-refractivity contribution >= 4 is 0 Å². The molecule has 2 aromatic heterocycles. The second-order valence-corrected chi connectivity index (χ2v) is 5.04. The first kappa shape index (κ1) is 14.6. The molecule has 3 N–H and O–H groups in total. The van der Waals surface area contributed by atoms with E-state index in [0.717, 1.165) is 17.9 Å². The molecule has 108 valence electrons. The van der Waals surface area contributed by atoms with E-state index in [1.54, 1.807) is 12.5 Å². The third-order valence-electron chi connectivity index (χ3n) is 3.36. The van der Waals surface area contributed by atoms with Crippen LogP contribution in [0.25, 0.3) is 0 Å². The Labute approximate surface area is 119 Å². The Kier molecular flexibility index (Phi) is 4.81. The largest absolute Gasteiger partial charge is 0.271 e. The molecule has 0 aliphatic rings. The summed E-state index contributed by atoms with van der Waals surface area (Å²) in [6.45, 7) is 6.29. The van der Waals surface area contributed by atoms with Gasteiger partial charge in [-0.1, -0.05) is 13.0 Å². The van der Waals surface area contributed by atoms with Crippen LogP contribution in [0.5, 0.6) is 0 Å². The highest BCUT2D eigenvalue weighted by Gasteiger charge is 2.19. The maximum atomic E-state index is 5.72. The molecular formula is C14H22N6. The summed E-state index contributed by atoms with van der Waals surface area (Å²) in [5.74, 6) is 6.64. The number of aromatic nitrogens is 4. The summed E-state index contributed by atoms with van der Waals surface area (Å²) in [7, 11) is 0. The number of aryl methyl sites for hydroxylation is 1. The molecular weight excluding hydrogens is 252 g/mol. The lowest BCUT2D eigenvalue weighted by Crippen LogP contribution is -2.32. The molecule has 0 radical (unpaired) electrons. The molecule has 0 bridgehead atoms. The second kappa shape index (κ2) is 6.58. The molecule has 2 aromatic rings. The summed E-state index contributed by atoms with van der Waals surface area (Å²) in [5.41, 5.74) is 5.04. The molecule has 2 heterocycles. The summed E-state index contributed by atoms with van der Waals surface area (Å²) >= 11 is 0. The van der Waals surface area contributed by atoms with Gasteiger partial charge in [-0.2, -0.15) is 5.10 Å². The smallest absolute Gasteiger partial charge is 0.138 e. The van der Waals surface area contributed by atoms with Crippen molar-refractivity contribution in [1.82, 2.24) is 25.2 Å². The molecule has 0 saturated heterocycles. The molecule has 6 heteroatoms. The molecule has 20 heavy (non-hydrogen) atoms. The number of hydrogen-bond acceptors (Lipinski definition) is 5. The minimum Gasteiger partial charge on any atom is -0.271 e. The summed E-state index contributed by atoms with van der Waals surface area (Å²) < 4.78 is 1.92. The van der Waals surface area contributed by atoms with Crippen LogP contribution < -0.4 is 11.3 Å². The third-order valence-corrected chi connectivity index (χ3v) is 3.36. The molecule has 6 nitrogen and oxygen atoms in total. The van der Waals surface area contributed by atoms with Crippen LogP contribution in [0.2, 0.25) is 0 Å². The van der Waals surface area contributed by atoms with Crippen LogP contribution in [0.4, 0.5) is 0 Å². The number of hydrazine groups is 1. The van der Waals surface area contributed by atoms with Crippen LogP contribution >= 0.6 is 0 Å². The summed E-state index contributed by atoms with van der Waals surface area (Å²) in [6.07, 6.45) is 4.98. The highest BCUT2D eigenvalue weighted by Crippen LogP contribution is 2.20. The predicted octanol–water partition coefficient (Wildman–Crippen LogP) is 1.56. The zero-order valence-corrected chi connectivity index (χ0v) is 12.2. The van der Waals surface area contributed by atoms with Crippen molar-refractivity contribution in [3.8, 4) is 0 Å². The number of nitrogens with zero attached hydrogens (tertiary/aromatic N) is 4. The van der Waals surface area contributed by atoms with Crippen molar-refractivity contribution in [3.63, 3.8) is 0 Å². The van der Waals surface area contributed by atoms with Gasteiger partial charge in [-0.3, -0.25) is 16.3 Å². The van der Waals surface area contributed by atoms with E-state index in [2.05, 4.69) is 47.3 Å². The first-order valence-electron chi connectivity index (χ1n) is 6.95. The van der Waals surface area contributed by atoms with Crippen molar-refractivity contribution in [3.05, 3.63) is 41.7 Å². The lowest BCUT2D eigenvalue weighted by Gasteiger charge is -2.19. The van der Waals surface area contributed by atoms with Crippen LogP contribution in [0.15, 0.2) is 24.7 Å². The minimum atomic E-state index is -0.0622. The normalized spacial score (nSPS) is 12.8. The van der Waals surface area contributed by atoms with Crippen molar-refractivity contribution in [2.75, 3.05) is 0 Å². The van der Waals surface area contributed by atoms with Crippen LogP contribution in [0.3, 0.4) is 0 Å². The maximum absolute atomic E-state index is 5.72. The van der Waals surface area contributed by atoms with E-state index in [4.69, 9.17) is 5.84 Å². The molecule has 0 spiro atoms. The lowest BCUT2D eigenvalue weighted by atomic mass is 10.0. The summed E-state index contributed by atoms with van der Waals surface area (Å²) in [4.78, 5) is 8.81. The zero-order valence-electron chi connectivity index (χ0n) is 12.2. The topological polar surface area (TPSA) is 81.7 Å². The Morgan fingerprint density at radius 3 is 2.80 bits per heavy atom. The quantitative estimate of drug-likeness (QED) is 0.617. The molecule has 0 aliphatic heterocycles. The Hall–Kier alpha value is -1.79. The number of nitrogens with one attached hydrogen (secondary N) is 1. The van der Waals surface area contributed by atoms with Gasteiger partial charge in [0.05, 0.1) is 11.7 Å². The van der Waals surface area contributed by atoms with Gasteiger partial charge in [-0.15, -0.1) is 0 Å². The van der Waals surface area contributed by atoms with Crippen molar-refractivity contribution in [2.24, 2.45) is 5.84 Å². The van der Waals surface area contributed by atoms with E-state index in [-0.39, 0.29) is 12.1 Å². The molecule has 0 saturated carbocycles. The van der Waals surface area contributed by atoms with E-state index >= 15 is 0 Å². The fourth-order valence-corrected chi connectivity index (χ4v) is 2.33. The number of hydrogen-bond donors (Lipinski definition) is 2. The summed E-state index contributed by atoms with van der Waals surface area (Å²) in [6, 6.07) is 4.25. The van der Waals surface area contributed by atoms with Gasteiger partial charge in [-0.25, -0.2) is 9.67 Å². The average molecular weight is 274 g/mol. The van der Waals surface area contributed by atoms with Crippen LogP contribution in [-0.2, 0) is 12.8 Å². The van der Waals surface area contributed by atoms with Gasteiger partial charge in [0.25, 0.3) is 0 Å². The van der Waals surface area contributed by atoms with E-state index < -0.39 is 0 Å². The molecule has 0 fully saturated rings. The van der Waals surface area contributed by atoms with Gasteiger partial charge in [0.1, 0.15) is 12.2 Å². The summed E-state index contributed by atoms with van der Waals surface area (Å²) in [5, 5.41) is 4.26. The number of rotatable bonds is 6. The molecule has 1 unspecified atom stereocenters. The van der Waals surface area contributed by atoms with Crippen molar-refractivity contribution < 1.29 is 0 Å². The highest BCUT2D eigenvalue weighted by atomic mass is 15.3. The fraction of sp³-hybridized carbons (Fsp3) is 0.500. The first-order chi connectivity index (χ1) is 9.67. The van der Waals surface area contributed by atoms with Crippen LogP contribution in [0.1, 0.15) is 49.9 Å². The minimum absolute atomic E-state index is 0.0622. The van der Waals surface area contributed by atoms with Crippen LogP contribution in [-0.4, -0.2) is 19.7 Å². The van der Waals surface area contributed by atoms with Crippen molar-refractivity contribution in [2.45, 2.75) is 45.7 Å². The lowest BCUT2D eigenvalue weighted by molar-refractivity contribution is 0.462. The molecule has 2 rings (SSSR count). The SMILES string of the molecule is CCc1cccnc1C(Cc1ncnn1C(C)C)NN. The van der Waals surface area contributed by atoms with Gasteiger partial charge in [0, 0.05) is 18.7 Å². The Morgan fingerprint density at radius 2 is 2.15 bits per heavy atom. The first-order valence-corrected chi connectivity index (χ1v) is 6.95. The Morgan fingerprint density at radius 1 is 1.35 bits per heavy atom. The van der Waals surface area contributed by atoms with Gasteiger partial charge >= 0.3 is 0 Å². The van der Waals surface area contributed by atoms with E-state index in [9.17, 15) is 0 Å². The fourth-order valence-electron chi connectivity index (χ4n) is 2.33. The predicted molar refractivity (Wildman–Crippen MR) is 77.8 cm³/mol. The highest BCUT2D eigenvalue weighted by molar-refractivity contribution is 5.23. The molecule has 1 atom stereocenters. The van der Waals surface area contributed by atoms with Crippen molar-refractivity contribution in [1.29, 1.82) is 0 Å². The van der Waals surface area contributed by atoms with Gasteiger partial charge in [-0.05, 0) is 31.9 Å². The monoisotopic (exact) mass is 274 g/mol. The van der Waals surface area contributed by atoms with Gasteiger partial charge in [0.2, 0.25) is 0 Å². The molecule has 0 aliphatic carbocycles. The molecule has 0 amide bonds. The second-order valence-electron chi connectivity index (χ2n) is 5.04. The zero-order chi connectivity index (χ0) is 14.5. The van der Waals surface area contributed by atoms with E-state index in [1.165, 1.54) is 5.56 Å². The number of nitrogens with two attached hydrogens (primary N) is 1. The van der Waals surface area contributed by atoms with E-state index in [0.29, 0.717) is 6.42 Å². The Balaban J connectivity index is 2.27. The van der Waals surface area contributed by atoms with E-state index in [1.807, 2.05) is 10.7 Å². The van der Waals surface area contributed by atoms with Gasteiger partial charge in [0.15, 0.2) is 0 Å². The number of pyridine rings is 1. The third kappa shape index (κ3) is 3.02. The standard InChI is InChI=1S/C14H22N6/c1-4-11-6-5-7-16-14(11)12(19-15)8-13-17-9-18-20(13)10(2)3/h5-7,9-10,12,19H,4,8,15H2,1-3H3. The maximum Gasteiger partial charge on any atom is 0.138 e. The Bertz CT molecular complexity index is 548. The van der Waals surface area contributed by atoms with Gasteiger partial charge < -0.3 is 0 Å². The molecule has 0 aromatic carbocycles.